The number of nitrogens with zero attached hydrogens (tertiary/aromatic N) is 1. The number of hydrogen-bond donors (Lipinski definition) is 1. The van der Waals surface area contributed by atoms with Crippen molar-refractivity contribution in [2.75, 3.05) is 19.8 Å². The zero-order valence-electron chi connectivity index (χ0n) is 11.1. The van der Waals surface area contributed by atoms with Gasteiger partial charge in [0, 0.05) is 12.6 Å². The van der Waals surface area contributed by atoms with Crippen molar-refractivity contribution in [2.24, 2.45) is 0 Å². The molecule has 0 bridgehead atoms. The minimum atomic E-state index is -4.36. The summed E-state index contributed by atoms with van der Waals surface area (Å²) in [6, 6.07) is 0.615. The largest absolute Gasteiger partial charge is 0.394 e. The van der Waals surface area contributed by atoms with E-state index in [1.165, 1.54) is 6.92 Å². The Bertz CT molecular complexity index is 638. The van der Waals surface area contributed by atoms with Gasteiger partial charge in [0.05, 0.1) is 19.3 Å². The summed E-state index contributed by atoms with van der Waals surface area (Å²) in [5.74, 6) is -5.06. The predicted molar refractivity (Wildman–Crippen MR) is 66.5 cm³/mol. The third kappa shape index (κ3) is 2.91. The average Bonchev–Trinajstić information content (AvgIpc) is 2.45. The summed E-state index contributed by atoms with van der Waals surface area (Å²) < 4.78 is 70.8. The second-order valence-corrected chi connectivity index (χ2v) is 6.59. The molecule has 1 aromatic rings. The monoisotopic (exact) mass is 325 g/mol. The second-order valence-electron chi connectivity index (χ2n) is 4.74. The van der Waals surface area contributed by atoms with E-state index in [1.807, 2.05) is 0 Å². The molecule has 1 saturated heterocycles. The van der Waals surface area contributed by atoms with Gasteiger partial charge in [-0.3, -0.25) is 0 Å². The second kappa shape index (κ2) is 5.91. The smallest absolute Gasteiger partial charge is 0.246 e. The van der Waals surface area contributed by atoms with E-state index >= 15 is 0 Å². The molecule has 0 saturated carbocycles. The third-order valence-electron chi connectivity index (χ3n) is 3.24. The number of halogens is 3. The van der Waals surface area contributed by atoms with Crippen LogP contribution in [0, 0.1) is 17.5 Å². The minimum absolute atomic E-state index is 0.00968. The van der Waals surface area contributed by atoms with Crippen molar-refractivity contribution in [3.05, 3.63) is 29.6 Å². The van der Waals surface area contributed by atoms with Crippen molar-refractivity contribution in [2.45, 2.75) is 24.0 Å². The van der Waals surface area contributed by atoms with Gasteiger partial charge < -0.3 is 9.84 Å². The lowest BCUT2D eigenvalue weighted by Crippen LogP contribution is -2.52. The Kier molecular flexibility index (Phi) is 4.57. The van der Waals surface area contributed by atoms with Gasteiger partial charge >= 0.3 is 0 Å². The van der Waals surface area contributed by atoms with Gasteiger partial charge in [0.15, 0.2) is 17.5 Å². The Hall–Kier alpha value is -1.16. The molecule has 1 aliphatic heterocycles. The van der Waals surface area contributed by atoms with Gasteiger partial charge in [-0.05, 0) is 19.1 Å². The Balaban J connectivity index is 2.44. The van der Waals surface area contributed by atoms with Crippen molar-refractivity contribution in [1.82, 2.24) is 4.31 Å². The highest BCUT2D eigenvalue weighted by molar-refractivity contribution is 7.89. The van der Waals surface area contributed by atoms with Crippen molar-refractivity contribution < 1.29 is 31.4 Å². The van der Waals surface area contributed by atoms with Crippen LogP contribution in [0.4, 0.5) is 13.2 Å². The van der Waals surface area contributed by atoms with E-state index in [9.17, 15) is 21.6 Å². The lowest BCUT2D eigenvalue weighted by molar-refractivity contribution is -0.0516. The summed E-state index contributed by atoms with van der Waals surface area (Å²) in [6.45, 7) is 0.941. The van der Waals surface area contributed by atoms with Crippen LogP contribution in [0.25, 0.3) is 0 Å². The number of hydrogen-bond acceptors (Lipinski definition) is 4. The lowest BCUT2D eigenvalue weighted by Gasteiger charge is -2.36. The van der Waals surface area contributed by atoms with Gasteiger partial charge in [-0.2, -0.15) is 4.31 Å². The molecular weight excluding hydrogens is 311 g/mol. The molecule has 5 nitrogen and oxygen atoms in total. The first-order valence-corrected chi connectivity index (χ1v) is 7.60. The molecule has 0 radical (unpaired) electrons. The van der Waals surface area contributed by atoms with Crippen molar-refractivity contribution in [3.8, 4) is 0 Å². The fourth-order valence-corrected chi connectivity index (χ4v) is 3.78. The Labute approximate surface area is 120 Å². The summed E-state index contributed by atoms with van der Waals surface area (Å²) in [5.41, 5.74) is 0. The van der Waals surface area contributed by atoms with E-state index in [-0.39, 0.29) is 13.2 Å². The number of sulfonamides is 1. The maximum absolute atomic E-state index is 13.7. The maximum Gasteiger partial charge on any atom is 0.246 e. The van der Waals surface area contributed by atoms with Gasteiger partial charge in [-0.25, -0.2) is 21.6 Å². The van der Waals surface area contributed by atoms with Gasteiger partial charge in [-0.1, -0.05) is 0 Å². The molecule has 0 aliphatic carbocycles. The molecule has 118 valence electrons. The van der Waals surface area contributed by atoms with Crippen LogP contribution in [-0.4, -0.2) is 49.7 Å². The molecule has 1 fully saturated rings. The highest BCUT2D eigenvalue weighted by Crippen LogP contribution is 2.26. The number of ether oxygens (including phenoxy) is 1. The first-order valence-electron chi connectivity index (χ1n) is 6.16. The van der Waals surface area contributed by atoms with Crippen LogP contribution < -0.4 is 0 Å². The molecule has 0 amide bonds. The van der Waals surface area contributed by atoms with E-state index < -0.39 is 51.1 Å². The number of aliphatic hydroxyl groups is 1. The summed E-state index contributed by atoms with van der Waals surface area (Å²) >= 11 is 0. The fraction of sp³-hybridized carbons (Fsp3) is 0.500. The standard InChI is InChI=1S/C12H14F3NO4S/c1-7-6-20-8(5-17)4-16(7)21(18,19)10-3-2-9(13)11(14)12(10)15/h2-3,7-8,17H,4-6H2,1H3. The zero-order chi connectivity index (χ0) is 15.8. The van der Waals surface area contributed by atoms with Crippen LogP contribution in [0.5, 0.6) is 0 Å². The maximum atomic E-state index is 13.7. The van der Waals surface area contributed by atoms with Gasteiger partial charge in [-0.15, -0.1) is 0 Å². The highest BCUT2D eigenvalue weighted by atomic mass is 32.2. The minimum Gasteiger partial charge on any atom is -0.394 e. The highest BCUT2D eigenvalue weighted by Gasteiger charge is 2.37. The van der Waals surface area contributed by atoms with E-state index in [2.05, 4.69) is 0 Å². The molecule has 1 heterocycles. The number of morpholine rings is 1. The lowest BCUT2D eigenvalue weighted by atomic mass is 10.2. The topological polar surface area (TPSA) is 66.8 Å². The van der Waals surface area contributed by atoms with Crippen LogP contribution >= 0.6 is 0 Å². The van der Waals surface area contributed by atoms with Crippen LogP contribution in [0.1, 0.15) is 6.92 Å². The number of rotatable bonds is 3. The molecule has 1 aromatic carbocycles. The molecule has 2 rings (SSSR count). The fourth-order valence-electron chi connectivity index (χ4n) is 2.07. The average molecular weight is 325 g/mol. The molecule has 0 aromatic heterocycles. The SMILES string of the molecule is CC1COC(CO)CN1S(=O)(=O)c1ccc(F)c(F)c1F. The summed E-state index contributed by atoms with van der Waals surface area (Å²) in [6.07, 6.45) is -0.746. The number of benzene rings is 1. The molecule has 1 N–H and O–H groups in total. The van der Waals surface area contributed by atoms with E-state index in [4.69, 9.17) is 9.84 Å². The van der Waals surface area contributed by atoms with Gasteiger partial charge in [0.1, 0.15) is 4.90 Å². The van der Waals surface area contributed by atoms with Crippen LogP contribution in [-0.2, 0) is 14.8 Å². The van der Waals surface area contributed by atoms with Crippen LogP contribution in [0.15, 0.2) is 17.0 Å². The van der Waals surface area contributed by atoms with Crippen molar-refractivity contribution >= 4 is 10.0 Å². The third-order valence-corrected chi connectivity index (χ3v) is 5.24. The molecule has 2 atom stereocenters. The molecule has 0 spiro atoms. The van der Waals surface area contributed by atoms with E-state index in [0.717, 1.165) is 4.31 Å². The molecule has 2 unspecified atom stereocenters. The summed E-state index contributed by atoms with van der Waals surface area (Å²) in [7, 11) is -4.36. The molecular formula is C12H14F3NO4S. The van der Waals surface area contributed by atoms with Crippen LogP contribution in [0.2, 0.25) is 0 Å². The first-order chi connectivity index (χ1) is 9.78. The molecule has 21 heavy (non-hydrogen) atoms. The van der Waals surface area contributed by atoms with Crippen LogP contribution in [0.3, 0.4) is 0 Å². The van der Waals surface area contributed by atoms with E-state index in [1.54, 1.807) is 0 Å². The first kappa shape index (κ1) is 16.2. The quantitative estimate of drug-likeness (QED) is 0.838. The summed E-state index contributed by atoms with van der Waals surface area (Å²) in [5, 5.41) is 9.04. The van der Waals surface area contributed by atoms with Gasteiger partial charge in [0.25, 0.3) is 0 Å². The molecule has 1 aliphatic rings. The Morgan fingerprint density at radius 3 is 2.62 bits per heavy atom. The van der Waals surface area contributed by atoms with Crippen molar-refractivity contribution in [3.63, 3.8) is 0 Å². The van der Waals surface area contributed by atoms with Gasteiger partial charge in [0.2, 0.25) is 10.0 Å². The normalized spacial score (nSPS) is 24.2. The zero-order valence-corrected chi connectivity index (χ0v) is 11.9. The van der Waals surface area contributed by atoms with E-state index in [0.29, 0.717) is 12.1 Å². The van der Waals surface area contributed by atoms with Crippen molar-refractivity contribution in [1.29, 1.82) is 0 Å². The predicted octanol–water partition coefficient (Wildman–Crippen LogP) is 0.874. The Morgan fingerprint density at radius 2 is 2.00 bits per heavy atom. The summed E-state index contributed by atoms with van der Waals surface area (Å²) in [4.78, 5) is -0.938. The Morgan fingerprint density at radius 1 is 1.33 bits per heavy atom. The number of aliphatic hydroxyl groups excluding tert-OH is 1. The molecule has 9 heteroatoms.